The van der Waals surface area contributed by atoms with Gasteiger partial charge in [0.05, 0.1) is 19.1 Å². The van der Waals surface area contributed by atoms with E-state index in [0.29, 0.717) is 6.54 Å². The quantitative estimate of drug-likeness (QED) is 0.644. The Morgan fingerprint density at radius 2 is 1.75 bits per heavy atom. The van der Waals surface area contributed by atoms with Crippen LogP contribution >= 0.6 is 0 Å². The first-order valence-electron chi connectivity index (χ1n) is 5.50. The van der Waals surface area contributed by atoms with E-state index in [1.165, 1.54) is 7.11 Å². The molecule has 16 heavy (non-hydrogen) atoms. The molecule has 2 unspecified atom stereocenters. The highest BCUT2D eigenvalue weighted by molar-refractivity contribution is 5.81. The first-order valence-corrected chi connectivity index (χ1v) is 5.50. The highest BCUT2D eigenvalue weighted by Gasteiger charge is 2.17. The Bertz CT molecular complexity index is 241. The molecule has 5 nitrogen and oxygen atoms in total. The summed E-state index contributed by atoms with van der Waals surface area (Å²) in [5, 5.41) is 5.78. The summed E-state index contributed by atoms with van der Waals surface area (Å²) >= 11 is 0. The maximum atomic E-state index is 11.5. The largest absolute Gasteiger partial charge is 0.469 e. The lowest BCUT2D eigenvalue weighted by molar-refractivity contribution is -0.144. The molecule has 94 valence electrons. The fourth-order valence-electron chi connectivity index (χ4n) is 1.14. The number of nitrogens with one attached hydrogen (secondary N) is 2. The second-order valence-electron chi connectivity index (χ2n) is 4.22. The normalized spacial score (nSPS) is 14.4. The molecular weight excluding hydrogens is 208 g/mol. The fraction of sp³-hybridized carbons (Fsp3) is 0.818. The lowest BCUT2D eigenvalue weighted by Crippen LogP contribution is -2.46. The zero-order chi connectivity index (χ0) is 12.7. The maximum Gasteiger partial charge on any atom is 0.309 e. The summed E-state index contributed by atoms with van der Waals surface area (Å²) in [4.78, 5) is 22.6. The van der Waals surface area contributed by atoms with Gasteiger partial charge in [-0.1, -0.05) is 6.92 Å². The first-order chi connectivity index (χ1) is 7.38. The molecule has 0 rings (SSSR count). The molecule has 0 aromatic heterocycles. The molecule has 0 bridgehead atoms. The van der Waals surface area contributed by atoms with E-state index >= 15 is 0 Å². The smallest absolute Gasteiger partial charge is 0.309 e. The van der Waals surface area contributed by atoms with Gasteiger partial charge in [-0.15, -0.1) is 0 Å². The van der Waals surface area contributed by atoms with E-state index in [2.05, 4.69) is 15.4 Å². The molecule has 0 aromatic carbocycles. The van der Waals surface area contributed by atoms with E-state index in [1.54, 1.807) is 13.8 Å². The van der Waals surface area contributed by atoms with Crippen molar-refractivity contribution >= 4 is 11.9 Å². The van der Waals surface area contributed by atoms with E-state index in [0.717, 1.165) is 0 Å². The predicted octanol–water partition coefficient (Wildman–Crippen LogP) is 0.298. The van der Waals surface area contributed by atoms with Crippen LogP contribution in [0.1, 0.15) is 27.7 Å². The average Bonchev–Trinajstić information content (AvgIpc) is 2.23. The van der Waals surface area contributed by atoms with Crippen LogP contribution in [0.15, 0.2) is 0 Å². The summed E-state index contributed by atoms with van der Waals surface area (Å²) in [6.07, 6.45) is 0. The van der Waals surface area contributed by atoms with Gasteiger partial charge >= 0.3 is 5.97 Å². The van der Waals surface area contributed by atoms with Gasteiger partial charge in [0, 0.05) is 12.6 Å². The van der Waals surface area contributed by atoms with Crippen molar-refractivity contribution < 1.29 is 14.3 Å². The maximum absolute atomic E-state index is 11.5. The van der Waals surface area contributed by atoms with Crippen molar-refractivity contribution in [2.45, 2.75) is 39.8 Å². The summed E-state index contributed by atoms with van der Waals surface area (Å²) in [7, 11) is 1.35. The third-order valence-electron chi connectivity index (χ3n) is 2.16. The van der Waals surface area contributed by atoms with Crippen molar-refractivity contribution in [1.29, 1.82) is 0 Å². The Hall–Kier alpha value is -1.10. The van der Waals surface area contributed by atoms with Crippen LogP contribution in [0.3, 0.4) is 0 Å². The SMILES string of the molecule is COC(=O)C(C)CNC(C)C(=O)NC(C)C. The zero-order valence-corrected chi connectivity index (χ0v) is 10.7. The third-order valence-corrected chi connectivity index (χ3v) is 2.16. The van der Waals surface area contributed by atoms with Crippen LogP contribution in [-0.4, -0.2) is 37.6 Å². The molecule has 0 aliphatic rings. The molecule has 0 saturated carbocycles. The molecule has 0 radical (unpaired) electrons. The third kappa shape index (κ3) is 5.70. The van der Waals surface area contributed by atoms with E-state index in [1.807, 2.05) is 13.8 Å². The number of methoxy groups -OCH3 is 1. The Kier molecular flexibility index (Phi) is 6.72. The van der Waals surface area contributed by atoms with Gasteiger partial charge in [0.1, 0.15) is 0 Å². The molecular formula is C11H22N2O3. The van der Waals surface area contributed by atoms with Gasteiger partial charge in [0.2, 0.25) is 5.91 Å². The number of rotatable bonds is 6. The van der Waals surface area contributed by atoms with Crippen LogP contribution in [0, 0.1) is 5.92 Å². The summed E-state index contributed by atoms with van der Waals surface area (Å²) in [6.45, 7) is 7.76. The molecule has 0 spiro atoms. The Balaban J connectivity index is 3.92. The number of hydrogen-bond donors (Lipinski definition) is 2. The van der Waals surface area contributed by atoms with Gasteiger partial charge in [0.15, 0.2) is 0 Å². The van der Waals surface area contributed by atoms with Gasteiger partial charge in [-0.05, 0) is 20.8 Å². The van der Waals surface area contributed by atoms with Crippen molar-refractivity contribution in [2.75, 3.05) is 13.7 Å². The van der Waals surface area contributed by atoms with Gasteiger partial charge in [-0.3, -0.25) is 9.59 Å². The summed E-state index contributed by atoms with van der Waals surface area (Å²) in [5.74, 6) is -0.588. The Morgan fingerprint density at radius 1 is 1.19 bits per heavy atom. The average molecular weight is 230 g/mol. The van der Waals surface area contributed by atoms with Gasteiger partial charge < -0.3 is 15.4 Å². The van der Waals surface area contributed by atoms with Crippen LogP contribution in [-0.2, 0) is 14.3 Å². The molecule has 0 aliphatic carbocycles. The minimum Gasteiger partial charge on any atom is -0.469 e. The molecule has 0 aromatic rings. The highest BCUT2D eigenvalue weighted by Crippen LogP contribution is 1.96. The fourth-order valence-corrected chi connectivity index (χ4v) is 1.14. The zero-order valence-electron chi connectivity index (χ0n) is 10.7. The number of ether oxygens (including phenoxy) is 1. The van der Waals surface area contributed by atoms with Crippen molar-refractivity contribution in [3.05, 3.63) is 0 Å². The van der Waals surface area contributed by atoms with Crippen molar-refractivity contribution in [1.82, 2.24) is 10.6 Å². The predicted molar refractivity (Wildman–Crippen MR) is 61.9 cm³/mol. The number of hydrogen-bond acceptors (Lipinski definition) is 4. The molecule has 2 atom stereocenters. The minimum atomic E-state index is -0.311. The van der Waals surface area contributed by atoms with Crippen molar-refractivity contribution in [3.8, 4) is 0 Å². The Morgan fingerprint density at radius 3 is 2.19 bits per heavy atom. The van der Waals surface area contributed by atoms with Gasteiger partial charge in [-0.2, -0.15) is 0 Å². The summed E-state index contributed by atoms with van der Waals surface area (Å²) in [5.41, 5.74) is 0. The minimum absolute atomic E-state index is 0.0629. The van der Waals surface area contributed by atoms with Crippen LogP contribution in [0.5, 0.6) is 0 Å². The second-order valence-corrected chi connectivity index (χ2v) is 4.22. The van der Waals surface area contributed by atoms with Crippen LogP contribution < -0.4 is 10.6 Å². The molecule has 0 saturated heterocycles. The molecule has 0 aliphatic heterocycles. The van der Waals surface area contributed by atoms with Crippen LogP contribution in [0.4, 0.5) is 0 Å². The van der Waals surface area contributed by atoms with Crippen LogP contribution in [0.25, 0.3) is 0 Å². The molecule has 1 amide bonds. The molecule has 5 heteroatoms. The number of esters is 1. The Labute approximate surface area is 96.9 Å². The first kappa shape index (κ1) is 14.9. The molecule has 0 fully saturated rings. The summed E-state index contributed by atoms with van der Waals surface area (Å²) < 4.78 is 4.59. The van der Waals surface area contributed by atoms with E-state index < -0.39 is 0 Å². The van der Waals surface area contributed by atoms with E-state index in [4.69, 9.17) is 0 Å². The highest BCUT2D eigenvalue weighted by atomic mass is 16.5. The van der Waals surface area contributed by atoms with Gasteiger partial charge in [-0.25, -0.2) is 0 Å². The van der Waals surface area contributed by atoms with Crippen LogP contribution in [0.2, 0.25) is 0 Å². The summed E-state index contributed by atoms with van der Waals surface area (Å²) in [6, 6.07) is -0.190. The molecule has 0 heterocycles. The van der Waals surface area contributed by atoms with Crippen molar-refractivity contribution in [2.24, 2.45) is 5.92 Å². The lowest BCUT2D eigenvalue weighted by Gasteiger charge is -2.17. The monoisotopic (exact) mass is 230 g/mol. The second kappa shape index (κ2) is 7.22. The van der Waals surface area contributed by atoms with E-state index in [9.17, 15) is 9.59 Å². The molecule has 2 N–H and O–H groups in total. The topological polar surface area (TPSA) is 67.4 Å². The standard InChI is InChI=1S/C11H22N2O3/c1-7(2)13-10(14)9(4)12-6-8(3)11(15)16-5/h7-9,12H,6H2,1-5H3,(H,13,14). The van der Waals surface area contributed by atoms with E-state index in [-0.39, 0.29) is 29.9 Å². The number of carbonyl (C=O) groups is 2. The number of carbonyl (C=O) groups excluding carboxylic acids is 2. The van der Waals surface area contributed by atoms with Gasteiger partial charge in [0.25, 0.3) is 0 Å². The lowest BCUT2D eigenvalue weighted by atomic mass is 10.1. The van der Waals surface area contributed by atoms with Crippen molar-refractivity contribution in [3.63, 3.8) is 0 Å². The number of amides is 1.